The highest BCUT2D eigenvalue weighted by Gasteiger charge is 2.50. The van der Waals surface area contributed by atoms with Gasteiger partial charge in [0, 0.05) is 0 Å². The van der Waals surface area contributed by atoms with E-state index in [0.29, 0.717) is 6.61 Å². The maximum atomic E-state index is 6.92. The first-order chi connectivity index (χ1) is 12.5. The Kier molecular flexibility index (Phi) is 5.81. The van der Waals surface area contributed by atoms with Crippen LogP contribution in [0.25, 0.3) is 0 Å². The predicted molar refractivity (Wildman–Crippen MR) is 112 cm³/mol. The summed E-state index contributed by atoms with van der Waals surface area (Å²) in [6.45, 7) is 11.4. The molecule has 0 amide bonds. The molecule has 0 spiro atoms. The molecular formula is C23H30O2Si. The lowest BCUT2D eigenvalue weighted by molar-refractivity contribution is 0.0357. The van der Waals surface area contributed by atoms with Gasteiger partial charge in [-0.15, -0.1) is 6.58 Å². The fraction of sp³-hybridized carbons (Fsp3) is 0.391. The van der Waals surface area contributed by atoms with Gasteiger partial charge in [-0.2, -0.15) is 0 Å². The molecule has 0 aliphatic carbocycles. The maximum Gasteiger partial charge on any atom is 0.261 e. The van der Waals surface area contributed by atoms with Crippen molar-refractivity contribution < 1.29 is 9.16 Å². The zero-order chi connectivity index (χ0) is 18.6. The summed E-state index contributed by atoms with van der Waals surface area (Å²) < 4.78 is 13.0. The van der Waals surface area contributed by atoms with E-state index in [2.05, 4.69) is 88.0 Å². The first kappa shape index (κ1) is 19.1. The van der Waals surface area contributed by atoms with Crippen molar-refractivity contribution in [3.05, 3.63) is 73.3 Å². The lowest BCUT2D eigenvalue weighted by atomic mass is 10.2. The van der Waals surface area contributed by atoms with E-state index < -0.39 is 8.32 Å². The third kappa shape index (κ3) is 3.71. The van der Waals surface area contributed by atoms with Gasteiger partial charge < -0.3 is 9.16 Å². The zero-order valence-corrected chi connectivity index (χ0v) is 17.2. The van der Waals surface area contributed by atoms with E-state index in [1.807, 2.05) is 6.08 Å². The third-order valence-corrected chi connectivity index (χ3v) is 10.3. The summed E-state index contributed by atoms with van der Waals surface area (Å²) in [5, 5.41) is 2.64. The molecule has 1 aliphatic heterocycles. The highest BCUT2D eigenvalue weighted by molar-refractivity contribution is 6.99. The molecule has 0 unspecified atom stereocenters. The number of hydrogen-bond donors (Lipinski definition) is 0. The summed E-state index contributed by atoms with van der Waals surface area (Å²) >= 11 is 0. The van der Waals surface area contributed by atoms with Crippen LogP contribution in [0.15, 0.2) is 73.3 Å². The molecule has 0 bridgehead atoms. The van der Waals surface area contributed by atoms with E-state index in [1.165, 1.54) is 10.4 Å². The molecule has 0 saturated carbocycles. The van der Waals surface area contributed by atoms with Crippen LogP contribution < -0.4 is 10.4 Å². The normalized spacial score (nSPS) is 20.9. The highest BCUT2D eigenvalue weighted by atomic mass is 28.4. The van der Waals surface area contributed by atoms with Gasteiger partial charge in [0.25, 0.3) is 8.32 Å². The Bertz CT molecular complexity index is 666. The Hall–Kier alpha value is -1.68. The van der Waals surface area contributed by atoms with Gasteiger partial charge in [0.2, 0.25) is 0 Å². The van der Waals surface area contributed by atoms with E-state index in [0.717, 1.165) is 12.8 Å². The average molecular weight is 367 g/mol. The highest BCUT2D eigenvalue weighted by Crippen LogP contribution is 2.37. The van der Waals surface area contributed by atoms with Gasteiger partial charge in [0.15, 0.2) is 0 Å². The molecule has 2 atom stereocenters. The van der Waals surface area contributed by atoms with E-state index >= 15 is 0 Å². The molecule has 1 heterocycles. The standard InChI is InChI=1S/C23H30O2Si/c1-5-19-16-17-20(25-19)18-24-26(23(2,3)4,21-12-8-6-9-13-21)22-14-10-7-11-15-22/h5-15,19-20H,1,16-18H2,2-4H3/t19-,20+/m1/s1. The van der Waals surface area contributed by atoms with Crippen molar-refractivity contribution in [2.75, 3.05) is 6.61 Å². The molecule has 138 valence electrons. The van der Waals surface area contributed by atoms with Gasteiger partial charge in [-0.05, 0) is 28.3 Å². The largest absolute Gasteiger partial charge is 0.405 e. The van der Waals surface area contributed by atoms with Crippen molar-refractivity contribution in [2.24, 2.45) is 0 Å². The number of benzene rings is 2. The predicted octanol–water partition coefficient (Wildman–Crippen LogP) is 4.30. The summed E-state index contributed by atoms with van der Waals surface area (Å²) in [6.07, 6.45) is 4.30. The summed E-state index contributed by atoms with van der Waals surface area (Å²) in [5.74, 6) is 0. The fourth-order valence-corrected chi connectivity index (χ4v) is 8.60. The van der Waals surface area contributed by atoms with Gasteiger partial charge in [0.1, 0.15) is 0 Å². The molecule has 1 saturated heterocycles. The Balaban J connectivity index is 1.99. The van der Waals surface area contributed by atoms with Crippen LogP contribution >= 0.6 is 0 Å². The average Bonchev–Trinajstić information content (AvgIpc) is 3.11. The molecule has 0 aromatic heterocycles. The Morgan fingerprint density at radius 3 is 1.96 bits per heavy atom. The minimum atomic E-state index is -2.45. The van der Waals surface area contributed by atoms with Gasteiger partial charge in [-0.1, -0.05) is 87.5 Å². The minimum Gasteiger partial charge on any atom is -0.405 e. The maximum absolute atomic E-state index is 6.92. The molecule has 3 rings (SSSR count). The second-order valence-electron chi connectivity index (χ2n) is 8.08. The molecule has 2 nitrogen and oxygen atoms in total. The first-order valence-corrected chi connectivity index (χ1v) is 11.4. The summed E-state index contributed by atoms with van der Waals surface area (Å²) in [6, 6.07) is 21.5. The SMILES string of the molecule is C=C[C@@H]1CC[C@@H](CO[Si](c2ccccc2)(c2ccccc2)C(C)(C)C)O1. The Morgan fingerprint density at radius 2 is 1.54 bits per heavy atom. The van der Waals surface area contributed by atoms with Crippen molar-refractivity contribution in [2.45, 2.75) is 50.9 Å². The van der Waals surface area contributed by atoms with Gasteiger partial charge in [0.05, 0.1) is 18.8 Å². The van der Waals surface area contributed by atoms with E-state index in [9.17, 15) is 0 Å². The zero-order valence-electron chi connectivity index (χ0n) is 16.2. The van der Waals surface area contributed by atoms with Crippen LogP contribution in [0, 0.1) is 0 Å². The van der Waals surface area contributed by atoms with Gasteiger partial charge in [-0.25, -0.2) is 0 Å². The van der Waals surface area contributed by atoms with Crippen LogP contribution in [-0.2, 0) is 9.16 Å². The van der Waals surface area contributed by atoms with Crippen LogP contribution in [0.3, 0.4) is 0 Å². The molecule has 2 aromatic rings. The Morgan fingerprint density at radius 1 is 1.00 bits per heavy atom. The fourth-order valence-electron chi connectivity index (χ4n) is 4.01. The van der Waals surface area contributed by atoms with Crippen molar-refractivity contribution in [1.29, 1.82) is 0 Å². The first-order valence-electron chi connectivity index (χ1n) is 9.50. The lowest BCUT2D eigenvalue weighted by Gasteiger charge is -2.43. The number of hydrogen-bond acceptors (Lipinski definition) is 2. The smallest absolute Gasteiger partial charge is 0.261 e. The number of ether oxygens (including phenoxy) is 1. The molecule has 0 radical (unpaired) electrons. The van der Waals surface area contributed by atoms with Crippen molar-refractivity contribution >= 4 is 18.7 Å². The quantitative estimate of drug-likeness (QED) is 0.561. The van der Waals surface area contributed by atoms with Crippen LogP contribution in [0.1, 0.15) is 33.6 Å². The van der Waals surface area contributed by atoms with Crippen LogP contribution in [0.2, 0.25) is 5.04 Å². The Labute approximate surface area is 159 Å². The molecule has 3 heteroatoms. The van der Waals surface area contributed by atoms with Crippen LogP contribution in [-0.4, -0.2) is 27.1 Å². The lowest BCUT2D eigenvalue weighted by Crippen LogP contribution is -2.67. The van der Waals surface area contributed by atoms with Crippen LogP contribution in [0.5, 0.6) is 0 Å². The van der Waals surface area contributed by atoms with E-state index in [1.54, 1.807) is 0 Å². The molecule has 0 N–H and O–H groups in total. The third-order valence-electron chi connectivity index (χ3n) is 5.31. The van der Waals surface area contributed by atoms with Crippen molar-refractivity contribution in [3.8, 4) is 0 Å². The van der Waals surface area contributed by atoms with E-state index in [4.69, 9.17) is 9.16 Å². The molecular weight excluding hydrogens is 336 g/mol. The second kappa shape index (κ2) is 7.91. The van der Waals surface area contributed by atoms with E-state index in [-0.39, 0.29) is 17.2 Å². The number of rotatable bonds is 6. The summed E-state index contributed by atoms with van der Waals surface area (Å²) in [7, 11) is -2.45. The molecule has 1 aliphatic rings. The minimum absolute atomic E-state index is 0.00610. The second-order valence-corrected chi connectivity index (χ2v) is 12.4. The summed E-state index contributed by atoms with van der Waals surface area (Å²) in [4.78, 5) is 0. The van der Waals surface area contributed by atoms with Gasteiger partial charge in [-0.3, -0.25) is 0 Å². The van der Waals surface area contributed by atoms with Crippen LogP contribution in [0.4, 0.5) is 0 Å². The monoisotopic (exact) mass is 366 g/mol. The van der Waals surface area contributed by atoms with Crippen molar-refractivity contribution in [1.82, 2.24) is 0 Å². The van der Waals surface area contributed by atoms with Crippen molar-refractivity contribution in [3.63, 3.8) is 0 Å². The topological polar surface area (TPSA) is 18.5 Å². The molecule has 1 fully saturated rings. The van der Waals surface area contributed by atoms with Gasteiger partial charge >= 0.3 is 0 Å². The molecule has 2 aromatic carbocycles. The molecule has 26 heavy (non-hydrogen) atoms. The summed E-state index contributed by atoms with van der Waals surface area (Å²) in [5.41, 5.74) is 0.